The number of anilines is 1. The molecule has 0 saturated heterocycles. The van der Waals surface area contributed by atoms with Gasteiger partial charge in [-0.1, -0.05) is 0 Å². The van der Waals surface area contributed by atoms with Gasteiger partial charge in [0.15, 0.2) is 0 Å². The van der Waals surface area contributed by atoms with Crippen LogP contribution < -0.4 is 5.73 Å². The number of pyridine rings is 1. The van der Waals surface area contributed by atoms with Gasteiger partial charge in [-0.25, -0.2) is 18.6 Å². The summed E-state index contributed by atoms with van der Waals surface area (Å²) in [7, 11) is 0. The molecule has 15 heavy (non-hydrogen) atoms. The molecule has 7 heteroatoms. The highest BCUT2D eigenvalue weighted by molar-refractivity contribution is 5.90. The molecule has 1 rings (SSSR count). The molecule has 0 saturated carbocycles. The molecule has 0 unspecified atom stereocenters. The van der Waals surface area contributed by atoms with E-state index in [0.717, 1.165) is 0 Å². The number of alkyl halides is 2. The van der Waals surface area contributed by atoms with Crippen LogP contribution in [0.1, 0.15) is 27.9 Å². The van der Waals surface area contributed by atoms with E-state index < -0.39 is 34.9 Å². The summed E-state index contributed by atoms with van der Waals surface area (Å²) in [6.07, 6.45) is -2.38. The Morgan fingerprint density at radius 3 is 2.67 bits per heavy atom. The Hall–Kier alpha value is -2.23. The number of nitrogens with two attached hydrogens (primary N) is 1. The van der Waals surface area contributed by atoms with E-state index in [0.29, 0.717) is 6.20 Å². The van der Waals surface area contributed by atoms with Crippen LogP contribution in [0.3, 0.4) is 0 Å². The number of aromatic nitrogens is 1. The van der Waals surface area contributed by atoms with Crippen molar-refractivity contribution in [3.05, 3.63) is 22.9 Å². The first-order valence-corrected chi connectivity index (χ1v) is 3.69. The van der Waals surface area contributed by atoms with Crippen LogP contribution in [0.15, 0.2) is 6.20 Å². The van der Waals surface area contributed by atoms with Crippen molar-refractivity contribution < 1.29 is 18.7 Å². The quantitative estimate of drug-likeness (QED) is 0.767. The van der Waals surface area contributed by atoms with Crippen LogP contribution in [0.5, 0.6) is 0 Å². The van der Waals surface area contributed by atoms with Crippen molar-refractivity contribution in [3.8, 4) is 6.07 Å². The van der Waals surface area contributed by atoms with Gasteiger partial charge in [-0.2, -0.15) is 5.26 Å². The largest absolute Gasteiger partial charge is 0.478 e. The highest BCUT2D eigenvalue weighted by Gasteiger charge is 2.24. The Kier molecular flexibility index (Phi) is 2.80. The maximum atomic E-state index is 12.5. The molecule has 0 amide bonds. The van der Waals surface area contributed by atoms with Gasteiger partial charge in [-0.05, 0) is 0 Å². The summed E-state index contributed by atoms with van der Waals surface area (Å²) in [4.78, 5) is 13.9. The molecular formula is C8H5F2N3O2. The van der Waals surface area contributed by atoms with E-state index in [4.69, 9.17) is 16.1 Å². The predicted molar refractivity (Wildman–Crippen MR) is 45.3 cm³/mol. The van der Waals surface area contributed by atoms with Crippen molar-refractivity contribution in [2.45, 2.75) is 6.43 Å². The molecule has 5 nitrogen and oxygen atoms in total. The summed E-state index contributed by atoms with van der Waals surface area (Å²) < 4.78 is 25.0. The molecule has 0 radical (unpaired) electrons. The zero-order valence-corrected chi connectivity index (χ0v) is 7.24. The third kappa shape index (κ3) is 1.83. The predicted octanol–water partition coefficient (Wildman–Crippen LogP) is 1.17. The SMILES string of the molecule is N#Cc1c(N)ncc(C(=O)O)c1C(F)F. The number of rotatable bonds is 2. The van der Waals surface area contributed by atoms with E-state index in [2.05, 4.69) is 4.98 Å². The van der Waals surface area contributed by atoms with Crippen molar-refractivity contribution in [2.75, 3.05) is 5.73 Å². The molecule has 0 fully saturated rings. The molecule has 1 heterocycles. The first-order chi connectivity index (χ1) is 6.99. The lowest BCUT2D eigenvalue weighted by atomic mass is 10.0. The Balaban J connectivity index is 3.58. The van der Waals surface area contributed by atoms with Crippen LogP contribution in [0.2, 0.25) is 0 Å². The number of carboxylic acids is 1. The number of nitrogens with zero attached hydrogens (tertiary/aromatic N) is 2. The van der Waals surface area contributed by atoms with Crippen LogP contribution in [-0.2, 0) is 0 Å². The van der Waals surface area contributed by atoms with Crippen LogP contribution >= 0.6 is 0 Å². The number of carboxylic acid groups (broad SMARTS) is 1. The van der Waals surface area contributed by atoms with Gasteiger partial charge in [-0.3, -0.25) is 0 Å². The number of nitrogen functional groups attached to an aromatic ring is 1. The fourth-order valence-corrected chi connectivity index (χ4v) is 1.06. The van der Waals surface area contributed by atoms with E-state index in [1.165, 1.54) is 6.07 Å². The van der Waals surface area contributed by atoms with Crippen LogP contribution in [0.25, 0.3) is 0 Å². The van der Waals surface area contributed by atoms with Gasteiger partial charge in [0.05, 0.1) is 11.1 Å². The summed E-state index contributed by atoms with van der Waals surface area (Å²) >= 11 is 0. The average Bonchev–Trinajstić information content (AvgIpc) is 2.16. The number of hydrogen-bond donors (Lipinski definition) is 2. The fourth-order valence-electron chi connectivity index (χ4n) is 1.06. The average molecular weight is 213 g/mol. The molecule has 0 aromatic carbocycles. The van der Waals surface area contributed by atoms with Gasteiger partial charge < -0.3 is 10.8 Å². The third-order valence-electron chi connectivity index (χ3n) is 1.71. The Morgan fingerprint density at radius 1 is 1.67 bits per heavy atom. The second-order valence-corrected chi connectivity index (χ2v) is 2.56. The van der Waals surface area contributed by atoms with Gasteiger partial charge in [0.1, 0.15) is 17.5 Å². The zero-order chi connectivity index (χ0) is 11.6. The van der Waals surface area contributed by atoms with Crippen molar-refractivity contribution in [1.29, 1.82) is 5.26 Å². The zero-order valence-electron chi connectivity index (χ0n) is 7.24. The third-order valence-corrected chi connectivity index (χ3v) is 1.71. The molecule has 0 spiro atoms. The van der Waals surface area contributed by atoms with Crippen LogP contribution in [0, 0.1) is 11.3 Å². The summed E-state index contributed by atoms with van der Waals surface area (Å²) in [5.41, 5.74) is 2.98. The van der Waals surface area contributed by atoms with Gasteiger partial charge in [0, 0.05) is 6.20 Å². The molecule has 0 atom stereocenters. The molecule has 0 aliphatic heterocycles. The normalized spacial score (nSPS) is 10.0. The standard InChI is InChI=1S/C8H5F2N3O2/c9-6(10)5-3(1-11)7(12)13-2-4(5)8(14)15/h2,6H,(H2,12,13)(H,14,15). The van der Waals surface area contributed by atoms with Gasteiger partial charge >= 0.3 is 5.97 Å². The highest BCUT2D eigenvalue weighted by atomic mass is 19.3. The van der Waals surface area contributed by atoms with Crippen molar-refractivity contribution in [3.63, 3.8) is 0 Å². The first kappa shape index (κ1) is 10.8. The van der Waals surface area contributed by atoms with E-state index in [1.54, 1.807) is 0 Å². The van der Waals surface area contributed by atoms with E-state index >= 15 is 0 Å². The molecule has 1 aromatic rings. The lowest BCUT2D eigenvalue weighted by Gasteiger charge is -2.07. The van der Waals surface area contributed by atoms with Crippen molar-refractivity contribution in [1.82, 2.24) is 4.98 Å². The number of aromatic carboxylic acids is 1. The number of hydrogen-bond acceptors (Lipinski definition) is 4. The lowest BCUT2D eigenvalue weighted by Crippen LogP contribution is -2.09. The summed E-state index contributed by atoms with van der Waals surface area (Å²) in [5.74, 6) is -1.98. The minimum absolute atomic E-state index is 0.405. The Labute approximate surface area is 82.8 Å². The molecule has 0 bridgehead atoms. The molecule has 0 aliphatic rings. The smallest absolute Gasteiger partial charge is 0.337 e. The monoisotopic (exact) mass is 213 g/mol. The van der Waals surface area contributed by atoms with Crippen LogP contribution in [-0.4, -0.2) is 16.1 Å². The van der Waals surface area contributed by atoms with Crippen LogP contribution in [0.4, 0.5) is 14.6 Å². The maximum Gasteiger partial charge on any atom is 0.337 e. The molecule has 1 aromatic heterocycles. The first-order valence-electron chi connectivity index (χ1n) is 3.69. The van der Waals surface area contributed by atoms with Gasteiger partial charge in [0.2, 0.25) is 0 Å². The molecular weight excluding hydrogens is 208 g/mol. The van der Waals surface area contributed by atoms with E-state index in [-0.39, 0.29) is 0 Å². The van der Waals surface area contributed by atoms with E-state index in [1.807, 2.05) is 0 Å². The second kappa shape index (κ2) is 3.88. The fraction of sp³-hybridized carbons (Fsp3) is 0.125. The van der Waals surface area contributed by atoms with Gasteiger partial charge in [0.25, 0.3) is 6.43 Å². The minimum Gasteiger partial charge on any atom is -0.478 e. The second-order valence-electron chi connectivity index (χ2n) is 2.56. The lowest BCUT2D eigenvalue weighted by molar-refractivity contribution is 0.0684. The van der Waals surface area contributed by atoms with Gasteiger partial charge in [-0.15, -0.1) is 0 Å². The Morgan fingerprint density at radius 2 is 2.27 bits per heavy atom. The number of carbonyl (C=O) groups is 1. The minimum atomic E-state index is -3.09. The Bertz CT molecular complexity index is 454. The van der Waals surface area contributed by atoms with E-state index in [9.17, 15) is 13.6 Å². The maximum absolute atomic E-state index is 12.5. The number of nitriles is 1. The summed E-state index contributed by atoms with van der Waals surface area (Å²) in [6.45, 7) is 0. The topological polar surface area (TPSA) is 100 Å². The van der Waals surface area contributed by atoms with Crippen molar-refractivity contribution in [2.24, 2.45) is 0 Å². The van der Waals surface area contributed by atoms with Crippen molar-refractivity contribution >= 4 is 11.8 Å². The molecule has 78 valence electrons. The molecule has 0 aliphatic carbocycles. The number of halogens is 2. The molecule has 3 N–H and O–H groups in total. The highest BCUT2D eigenvalue weighted by Crippen LogP contribution is 2.28. The summed E-state index contributed by atoms with van der Waals surface area (Å²) in [6, 6.07) is 1.41. The summed E-state index contributed by atoms with van der Waals surface area (Å²) in [5, 5.41) is 17.2.